The first kappa shape index (κ1) is 12.1. The number of nitriles is 1. The van der Waals surface area contributed by atoms with E-state index in [4.69, 9.17) is 11.0 Å². The summed E-state index contributed by atoms with van der Waals surface area (Å²) in [6.45, 7) is 1.89. The number of nitrogens with one attached hydrogen (secondary N) is 1. The lowest BCUT2D eigenvalue weighted by atomic mass is 10.1. The predicted molar refractivity (Wildman–Crippen MR) is 58.0 cm³/mol. The molecule has 0 radical (unpaired) electrons. The van der Waals surface area contributed by atoms with Crippen LogP contribution < -0.4 is 11.1 Å². The van der Waals surface area contributed by atoms with E-state index in [1.807, 2.05) is 6.07 Å². The number of carbonyl (C=O) groups excluding carboxylic acids is 1. The number of hydrogen-bond acceptors (Lipinski definition) is 3. The fraction of sp³-hybridized carbons (Fsp3) is 0.273. The molecule has 5 heteroatoms. The highest BCUT2D eigenvalue weighted by molar-refractivity contribution is 5.93. The molecule has 1 aromatic rings. The van der Waals surface area contributed by atoms with E-state index in [0.717, 1.165) is 6.07 Å². The molecular weight excluding hydrogens is 209 g/mol. The average molecular weight is 221 g/mol. The number of benzene rings is 1. The zero-order valence-corrected chi connectivity index (χ0v) is 8.83. The molecule has 0 saturated carbocycles. The van der Waals surface area contributed by atoms with E-state index in [1.165, 1.54) is 12.1 Å². The van der Waals surface area contributed by atoms with Gasteiger partial charge in [0.2, 0.25) is 5.91 Å². The summed E-state index contributed by atoms with van der Waals surface area (Å²) in [4.78, 5) is 11.5. The molecule has 0 spiro atoms. The predicted octanol–water partition coefficient (Wildman–Crippen LogP) is 1.23. The Morgan fingerprint density at radius 1 is 1.69 bits per heavy atom. The second-order valence-electron chi connectivity index (χ2n) is 3.43. The number of hydrogen-bond donors (Lipinski definition) is 2. The monoisotopic (exact) mass is 221 g/mol. The highest BCUT2D eigenvalue weighted by atomic mass is 19.1. The minimum Gasteiger partial charge on any atom is -0.330 e. The normalized spacial score (nSPS) is 11.6. The Balaban J connectivity index is 2.90. The quantitative estimate of drug-likeness (QED) is 0.805. The third-order valence-electron chi connectivity index (χ3n) is 2.16. The van der Waals surface area contributed by atoms with Crippen LogP contribution in [0.1, 0.15) is 12.5 Å². The maximum Gasteiger partial charge on any atom is 0.228 e. The molecule has 0 heterocycles. The van der Waals surface area contributed by atoms with Gasteiger partial charge in [0.1, 0.15) is 11.9 Å². The van der Waals surface area contributed by atoms with Gasteiger partial charge in [0.15, 0.2) is 0 Å². The highest BCUT2D eigenvalue weighted by Gasteiger charge is 2.13. The van der Waals surface area contributed by atoms with Gasteiger partial charge in [0.25, 0.3) is 0 Å². The van der Waals surface area contributed by atoms with Crippen LogP contribution in [0, 0.1) is 23.1 Å². The average Bonchev–Trinajstić information content (AvgIpc) is 2.30. The third-order valence-corrected chi connectivity index (χ3v) is 2.16. The summed E-state index contributed by atoms with van der Waals surface area (Å²) in [6.07, 6.45) is 0. The Morgan fingerprint density at radius 3 is 2.94 bits per heavy atom. The third kappa shape index (κ3) is 2.78. The van der Waals surface area contributed by atoms with E-state index in [1.54, 1.807) is 6.92 Å². The zero-order valence-electron chi connectivity index (χ0n) is 8.83. The Morgan fingerprint density at radius 2 is 2.38 bits per heavy atom. The number of rotatable bonds is 3. The van der Waals surface area contributed by atoms with E-state index in [9.17, 15) is 9.18 Å². The topological polar surface area (TPSA) is 78.9 Å². The summed E-state index contributed by atoms with van der Waals surface area (Å²) in [7, 11) is 0. The molecule has 1 atom stereocenters. The smallest absolute Gasteiger partial charge is 0.228 e. The Labute approximate surface area is 92.9 Å². The van der Waals surface area contributed by atoms with Crippen molar-refractivity contribution in [3.63, 3.8) is 0 Å². The molecule has 0 aromatic heterocycles. The zero-order chi connectivity index (χ0) is 12.1. The van der Waals surface area contributed by atoms with Gasteiger partial charge in [0, 0.05) is 12.5 Å². The standard InChI is InChI=1S/C11H12FN3O/c1-7(5-13)11(16)15-10-3-2-9(12)4-8(10)6-14/h2-4,7H,5,13H2,1H3,(H,15,16). The summed E-state index contributed by atoms with van der Waals surface area (Å²) >= 11 is 0. The minimum absolute atomic E-state index is 0.0950. The molecule has 0 fully saturated rings. The van der Waals surface area contributed by atoms with Gasteiger partial charge in [-0.15, -0.1) is 0 Å². The van der Waals surface area contributed by atoms with Crippen LogP contribution in [0.3, 0.4) is 0 Å². The summed E-state index contributed by atoms with van der Waals surface area (Å²) in [5, 5.41) is 11.3. The first-order valence-corrected chi connectivity index (χ1v) is 4.79. The summed E-state index contributed by atoms with van der Waals surface area (Å²) in [5.41, 5.74) is 5.73. The highest BCUT2D eigenvalue weighted by Crippen LogP contribution is 2.16. The number of nitrogens with zero attached hydrogens (tertiary/aromatic N) is 1. The van der Waals surface area contributed by atoms with Crippen molar-refractivity contribution in [1.82, 2.24) is 0 Å². The molecule has 0 saturated heterocycles. The van der Waals surface area contributed by atoms with Crippen molar-refractivity contribution < 1.29 is 9.18 Å². The first-order chi connectivity index (χ1) is 7.58. The summed E-state index contributed by atoms with van der Waals surface area (Å²) in [5.74, 6) is -1.15. The molecular formula is C11H12FN3O. The van der Waals surface area contributed by atoms with Gasteiger partial charge in [-0.2, -0.15) is 5.26 Å². The molecule has 4 nitrogen and oxygen atoms in total. The van der Waals surface area contributed by atoms with Crippen LogP contribution in [-0.4, -0.2) is 12.5 Å². The van der Waals surface area contributed by atoms with Gasteiger partial charge in [-0.1, -0.05) is 6.92 Å². The SMILES string of the molecule is CC(CN)C(=O)Nc1ccc(F)cc1C#N. The Bertz CT molecular complexity index is 439. The number of amides is 1. The van der Waals surface area contributed by atoms with E-state index < -0.39 is 5.82 Å². The fourth-order valence-electron chi connectivity index (χ4n) is 1.08. The van der Waals surface area contributed by atoms with Crippen molar-refractivity contribution in [3.05, 3.63) is 29.6 Å². The van der Waals surface area contributed by atoms with Gasteiger partial charge < -0.3 is 11.1 Å². The fourth-order valence-corrected chi connectivity index (χ4v) is 1.08. The van der Waals surface area contributed by atoms with Crippen LogP contribution in [0.2, 0.25) is 0 Å². The molecule has 1 aromatic carbocycles. The molecule has 16 heavy (non-hydrogen) atoms. The lowest BCUT2D eigenvalue weighted by Gasteiger charge is -2.10. The molecule has 0 bridgehead atoms. The maximum absolute atomic E-state index is 12.8. The maximum atomic E-state index is 12.8. The number of carbonyl (C=O) groups is 1. The van der Waals surface area contributed by atoms with Crippen molar-refractivity contribution in [2.75, 3.05) is 11.9 Å². The van der Waals surface area contributed by atoms with Gasteiger partial charge in [-0.25, -0.2) is 4.39 Å². The number of anilines is 1. The van der Waals surface area contributed by atoms with Crippen molar-refractivity contribution in [3.8, 4) is 6.07 Å². The second kappa shape index (κ2) is 5.24. The second-order valence-corrected chi connectivity index (χ2v) is 3.43. The molecule has 0 aliphatic heterocycles. The number of nitrogens with two attached hydrogens (primary N) is 1. The van der Waals surface area contributed by atoms with E-state index in [0.29, 0.717) is 5.69 Å². The van der Waals surface area contributed by atoms with E-state index in [2.05, 4.69) is 5.32 Å². The molecule has 0 aliphatic rings. The van der Waals surface area contributed by atoms with Crippen molar-refractivity contribution in [1.29, 1.82) is 5.26 Å². The van der Waals surface area contributed by atoms with E-state index in [-0.39, 0.29) is 23.9 Å². The van der Waals surface area contributed by atoms with Gasteiger partial charge in [-0.05, 0) is 18.2 Å². The van der Waals surface area contributed by atoms with Crippen LogP contribution in [0.5, 0.6) is 0 Å². The lowest BCUT2D eigenvalue weighted by molar-refractivity contribution is -0.119. The van der Waals surface area contributed by atoms with Crippen LogP contribution in [0.25, 0.3) is 0 Å². The molecule has 1 amide bonds. The minimum atomic E-state index is -0.513. The first-order valence-electron chi connectivity index (χ1n) is 4.79. The molecule has 1 unspecified atom stereocenters. The summed E-state index contributed by atoms with van der Waals surface area (Å²) in [6, 6.07) is 5.43. The Kier molecular flexibility index (Phi) is 3.97. The van der Waals surface area contributed by atoms with Crippen molar-refractivity contribution >= 4 is 11.6 Å². The van der Waals surface area contributed by atoms with Crippen LogP contribution in [-0.2, 0) is 4.79 Å². The van der Waals surface area contributed by atoms with Crippen molar-refractivity contribution in [2.24, 2.45) is 11.7 Å². The summed E-state index contributed by atoms with van der Waals surface area (Å²) < 4.78 is 12.8. The van der Waals surface area contributed by atoms with Crippen LogP contribution in [0.4, 0.5) is 10.1 Å². The molecule has 0 aliphatic carbocycles. The molecule has 84 valence electrons. The molecule has 1 rings (SSSR count). The largest absolute Gasteiger partial charge is 0.330 e. The van der Waals surface area contributed by atoms with Gasteiger partial charge >= 0.3 is 0 Å². The lowest BCUT2D eigenvalue weighted by Crippen LogP contribution is -2.27. The Hall–Kier alpha value is -1.93. The van der Waals surface area contributed by atoms with Gasteiger partial charge in [0.05, 0.1) is 11.3 Å². The number of halogens is 1. The van der Waals surface area contributed by atoms with Gasteiger partial charge in [-0.3, -0.25) is 4.79 Å². The van der Waals surface area contributed by atoms with Crippen LogP contribution >= 0.6 is 0 Å². The van der Waals surface area contributed by atoms with E-state index >= 15 is 0 Å². The van der Waals surface area contributed by atoms with Crippen molar-refractivity contribution in [2.45, 2.75) is 6.92 Å². The molecule has 3 N–H and O–H groups in total. The van der Waals surface area contributed by atoms with Crippen LogP contribution in [0.15, 0.2) is 18.2 Å².